The van der Waals surface area contributed by atoms with E-state index < -0.39 is 5.41 Å². The van der Waals surface area contributed by atoms with Crippen LogP contribution < -0.4 is 0 Å². The lowest BCUT2D eigenvalue weighted by Gasteiger charge is -2.30. The Balaban J connectivity index is 1.17. The molecule has 56 heavy (non-hydrogen) atoms. The monoisotopic (exact) mass is 712 g/mol. The summed E-state index contributed by atoms with van der Waals surface area (Å²) in [6.45, 7) is 0. The number of aromatic nitrogens is 4. The minimum absolute atomic E-state index is 0.466. The van der Waals surface area contributed by atoms with Crippen LogP contribution in [0.15, 0.2) is 194 Å². The molecule has 0 saturated heterocycles. The first kappa shape index (κ1) is 31.0. The van der Waals surface area contributed by atoms with Gasteiger partial charge in [0.1, 0.15) is 0 Å². The summed E-state index contributed by atoms with van der Waals surface area (Å²) in [6.07, 6.45) is 0. The molecule has 0 N–H and O–H groups in total. The summed E-state index contributed by atoms with van der Waals surface area (Å²) in [6, 6.07) is 69.6. The van der Waals surface area contributed by atoms with Gasteiger partial charge in [0.05, 0.1) is 16.4 Å². The van der Waals surface area contributed by atoms with Crippen molar-refractivity contribution in [2.45, 2.75) is 5.41 Å². The zero-order valence-electron chi connectivity index (χ0n) is 30.3. The van der Waals surface area contributed by atoms with Crippen LogP contribution >= 0.6 is 0 Å². The van der Waals surface area contributed by atoms with Gasteiger partial charge in [-0.25, -0.2) is 4.98 Å². The van der Waals surface area contributed by atoms with E-state index in [9.17, 15) is 0 Å². The Hall–Kier alpha value is -7.43. The first-order chi connectivity index (χ1) is 27.8. The molecule has 2 aliphatic rings. The lowest BCUT2D eigenvalue weighted by molar-refractivity contribution is 0.794. The Morgan fingerprint density at radius 3 is 1.52 bits per heavy atom. The van der Waals surface area contributed by atoms with Gasteiger partial charge in [-0.05, 0) is 79.9 Å². The lowest BCUT2D eigenvalue weighted by Crippen LogP contribution is -2.25. The van der Waals surface area contributed by atoms with Gasteiger partial charge in [0.15, 0.2) is 11.6 Å². The van der Waals surface area contributed by atoms with Crippen molar-refractivity contribution in [3.05, 3.63) is 216 Å². The van der Waals surface area contributed by atoms with Crippen LogP contribution in [0.5, 0.6) is 0 Å². The van der Waals surface area contributed by atoms with Crippen LogP contribution in [-0.4, -0.2) is 19.5 Å². The molecule has 2 aromatic heterocycles. The molecule has 4 nitrogen and oxygen atoms in total. The average Bonchev–Trinajstić information content (AvgIpc) is 3.87. The maximum atomic E-state index is 5.34. The van der Waals surface area contributed by atoms with Gasteiger partial charge in [0.2, 0.25) is 5.95 Å². The van der Waals surface area contributed by atoms with Crippen molar-refractivity contribution in [3.8, 4) is 62.1 Å². The SMILES string of the molecule is c1ccc(-c2cccc(-c3nc(-c4ccccc4)nc(-n4c5ccccc5c5cc6c(cc54)C4(c5ccccc5-c5ccccc54)c4ccccc4-6)n3)c2)cc1. The molecule has 0 aliphatic heterocycles. The summed E-state index contributed by atoms with van der Waals surface area (Å²) in [4.78, 5) is 15.8. The molecular formula is C52H32N4. The predicted molar refractivity (Wildman–Crippen MR) is 227 cm³/mol. The van der Waals surface area contributed by atoms with Crippen molar-refractivity contribution in [2.24, 2.45) is 0 Å². The maximum absolute atomic E-state index is 5.34. The van der Waals surface area contributed by atoms with Crippen LogP contribution in [0.1, 0.15) is 22.3 Å². The number of fused-ring (bicyclic) bond motifs is 13. The molecule has 0 unspecified atom stereocenters. The summed E-state index contributed by atoms with van der Waals surface area (Å²) >= 11 is 0. The maximum Gasteiger partial charge on any atom is 0.238 e. The van der Waals surface area contributed by atoms with Gasteiger partial charge in [-0.2, -0.15) is 9.97 Å². The van der Waals surface area contributed by atoms with Crippen LogP contribution in [0, 0.1) is 0 Å². The molecular weight excluding hydrogens is 681 g/mol. The van der Waals surface area contributed by atoms with Crippen molar-refractivity contribution in [3.63, 3.8) is 0 Å². The number of rotatable bonds is 4. The lowest BCUT2D eigenvalue weighted by atomic mass is 9.70. The molecule has 0 fully saturated rings. The fourth-order valence-corrected chi connectivity index (χ4v) is 9.55. The molecule has 0 atom stereocenters. The summed E-state index contributed by atoms with van der Waals surface area (Å²) in [5, 5.41) is 2.32. The predicted octanol–water partition coefficient (Wildman–Crippen LogP) is 12.3. The van der Waals surface area contributed by atoms with Crippen LogP contribution in [0.2, 0.25) is 0 Å². The molecule has 0 amide bonds. The van der Waals surface area contributed by atoms with E-state index in [1.807, 2.05) is 24.3 Å². The molecule has 8 aromatic carbocycles. The highest BCUT2D eigenvalue weighted by Crippen LogP contribution is 2.63. The second-order valence-electron chi connectivity index (χ2n) is 14.7. The summed E-state index contributed by atoms with van der Waals surface area (Å²) in [7, 11) is 0. The van der Waals surface area contributed by atoms with Crippen molar-refractivity contribution >= 4 is 21.8 Å². The molecule has 10 aromatic rings. The van der Waals surface area contributed by atoms with Crippen LogP contribution in [0.4, 0.5) is 0 Å². The van der Waals surface area contributed by atoms with E-state index in [0.717, 1.165) is 38.7 Å². The smallest absolute Gasteiger partial charge is 0.238 e. The van der Waals surface area contributed by atoms with E-state index in [-0.39, 0.29) is 0 Å². The van der Waals surface area contributed by atoms with Gasteiger partial charge in [-0.3, -0.25) is 4.57 Å². The fourth-order valence-electron chi connectivity index (χ4n) is 9.55. The number of benzene rings is 8. The van der Waals surface area contributed by atoms with Crippen molar-refractivity contribution in [1.29, 1.82) is 0 Å². The topological polar surface area (TPSA) is 43.6 Å². The van der Waals surface area contributed by atoms with Gasteiger partial charge in [-0.15, -0.1) is 0 Å². The van der Waals surface area contributed by atoms with Gasteiger partial charge >= 0.3 is 0 Å². The van der Waals surface area contributed by atoms with Crippen LogP contribution in [0.3, 0.4) is 0 Å². The fraction of sp³-hybridized carbons (Fsp3) is 0.0192. The first-order valence-corrected chi connectivity index (χ1v) is 19.1. The van der Waals surface area contributed by atoms with Gasteiger partial charge in [0.25, 0.3) is 0 Å². The van der Waals surface area contributed by atoms with E-state index >= 15 is 0 Å². The molecule has 1 spiro atoms. The average molecular weight is 713 g/mol. The van der Waals surface area contributed by atoms with E-state index in [0.29, 0.717) is 17.6 Å². The standard InChI is InChI=1S/C52H32N4/c1-3-16-33(17-4-1)35-20-15-21-36(30-35)50-53-49(34-18-5-2-6-19-34)54-51(55-50)56-47-29-14-10-25-40(47)42-31-41-39-24-9-13-28-45(39)52(46(41)32-48(42)56)43-26-11-7-22-37(43)38-23-8-12-27-44(38)52/h1-32H. The van der Waals surface area contributed by atoms with E-state index in [2.05, 4.69) is 174 Å². The zero-order chi connectivity index (χ0) is 36.8. The van der Waals surface area contributed by atoms with Crippen molar-refractivity contribution in [2.75, 3.05) is 0 Å². The third kappa shape index (κ3) is 4.27. The highest BCUT2D eigenvalue weighted by Gasteiger charge is 2.51. The number of hydrogen-bond donors (Lipinski definition) is 0. The second kappa shape index (κ2) is 11.8. The van der Waals surface area contributed by atoms with Gasteiger partial charge in [0, 0.05) is 21.9 Å². The summed E-state index contributed by atoms with van der Waals surface area (Å²) in [5.41, 5.74) is 16.1. The zero-order valence-corrected chi connectivity index (χ0v) is 30.3. The molecule has 260 valence electrons. The largest absolute Gasteiger partial charge is 0.278 e. The Morgan fingerprint density at radius 2 is 0.839 bits per heavy atom. The quantitative estimate of drug-likeness (QED) is 0.182. The first-order valence-electron chi connectivity index (χ1n) is 19.1. The summed E-state index contributed by atoms with van der Waals surface area (Å²) in [5.74, 6) is 1.84. The Bertz CT molecular complexity index is 3150. The molecule has 4 heteroatoms. The Morgan fingerprint density at radius 1 is 0.321 bits per heavy atom. The van der Waals surface area contributed by atoms with Crippen LogP contribution in [0.25, 0.3) is 83.9 Å². The minimum atomic E-state index is -0.466. The molecule has 2 aliphatic carbocycles. The van der Waals surface area contributed by atoms with E-state index in [1.54, 1.807) is 0 Å². The molecule has 2 heterocycles. The van der Waals surface area contributed by atoms with Crippen molar-refractivity contribution in [1.82, 2.24) is 19.5 Å². The molecule has 0 saturated carbocycles. The van der Waals surface area contributed by atoms with E-state index in [1.165, 1.54) is 49.9 Å². The molecule has 0 bridgehead atoms. The highest BCUT2D eigenvalue weighted by atomic mass is 15.2. The summed E-state index contributed by atoms with van der Waals surface area (Å²) < 4.78 is 2.26. The van der Waals surface area contributed by atoms with Gasteiger partial charge in [-0.1, -0.05) is 170 Å². The Kier molecular flexibility index (Phi) is 6.52. The highest BCUT2D eigenvalue weighted by molar-refractivity contribution is 6.12. The van der Waals surface area contributed by atoms with Crippen LogP contribution in [-0.2, 0) is 5.41 Å². The third-order valence-electron chi connectivity index (χ3n) is 11.9. The van der Waals surface area contributed by atoms with E-state index in [4.69, 9.17) is 15.0 Å². The third-order valence-corrected chi connectivity index (χ3v) is 11.9. The number of para-hydroxylation sites is 1. The van der Waals surface area contributed by atoms with Gasteiger partial charge < -0.3 is 0 Å². The number of hydrogen-bond acceptors (Lipinski definition) is 3. The van der Waals surface area contributed by atoms with Crippen molar-refractivity contribution < 1.29 is 0 Å². The second-order valence-corrected chi connectivity index (χ2v) is 14.7. The molecule has 12 rings (SSSR count). The number of nitrogens with zero attached hydrogens (tertiary/aromatic N) is 4. The minimum Gasteiger partial charge on any atom is -0.278 e. The Labute approximate surface area is 324 Å². The molecule has 0 radical (unpaired) electrons. The normalized spacial score (nSPS) is 13.1.